The molecule has 0 bridgehead atoms. The predicted molar refractivity (Wildman–Crippen MR) is 88.5 cm³/mol. The van der Waals surface area contributed by atoms with Crippen LogP contribution in [0.15, 0.2) is 22.7 Å². The van der Waals surface area contributed by atoms with Crippen LogP contribution < -0.4 is 5.32 Å². The van der Waals surface area contributed by atoms with Crippen LogP contribution in [0.3, 0.4) is 0 Å². The highest BCUT2D eigenvalue weighted by molar-refractivity contribution is 5.86. The van der Waals surface area contributed by atoms with Crippen molar-refractivity contribution in [2.24, 2.45) is 11.8 Å². The Morgan fingerprint density at radius 2 is 2.12 bits per heavy atom. The summed E-state index contributed by atoms with van der Waals surface area (Å²) in [5, 5.41) is 17.0. The third-order valence-electron chi connectivity index (χ3n) is 4.82. The predicted octanol–water partition coefficient (Wildman–Crippen LogP) is 2.69. The Bertz CT molecular complexity index is 753. The Hall–Kier alpha value is -2.37. The van der Waals surface area contributed by atoms with Crippen LogP contribution in [-0.2, 0) is 16.0 Å². The fraction of sp³-hybridized carbons (Fsp3) is 0.500. The molecule has 2 aromatic rings. The van der Waals surface area contributed by atoms with Crippen LogP contribution in [0.2, 0.25) is 0 Å². The molecule has 6 heteroatoms. The summed E-state index contributed by atoms with van der Waals surface area (Å²) in [5.74, 6) is -1.25. The third kappa shape index (κ3) is 3.58. The number of benzene rings is 1. The number of nitrogens with zero attached hydrogens (tertiary/aromatic N) is 1. The van der Waals surface area contributed by atoms with Gasteiger partial charge in [0.2, 0.25) is 5.91 Å². The number of carboxylic acid groups (broad SMARTS) is 1. The summed E-state index contributed by atoms with van der Waals surface area (Å²) in [6, 6.07) is 5.74. The van der Waals surface area contributed by atoms with E-state index in [1.165, 1.54) is 0 Å². The fourth-order valence-corrected chi connectivity index (χ4v) is 3.47. The molecule has 1 aromatic heterocycles. The topological polar surface area (TPSA) is 92.4 Å². The Balaban J connectivity index is 1.60. The average molecular weight is 330 g/mol. The number of amides is 1. The monoisotopic (exact) mass is 330 g/mol. The maximum atomic E-state index is 12.2. The number of carbonyl (C=O) groups is 2. The van der Waals surface area contributed by atoms with Crippen LogP contribution in [-0.4, -0.2) is 28.7 Å². The normalized spacial score (nSPS) is 20.9. The molecule has 3 rings (SSSR count). The van der Waals surface area contributed by atoms with Crippen LogP contribution in [0.5, 0.6) is 0 Å². The second-order valence-corrected chi connectivity index (χ2v) is 6.60. The van der Waals surface area contributed by atoms with E-state index in [1.807, 2.05) is 25.1 Å². The van der Waals surface area contributed by atoms with E-state index in [-0.39, 0.29) is 24.2 Å². The number of nitrogens with one attached hydrogen (secondary N) is 1. The largest absolute Gasteiger partial charge is 0.481 e. The Labute approximate surface area is 140 Å². The van der Waals surface area contributed by atoms with E-state index in [0.717, 1.165) is 30.2 Å². The molecule has 2 atom stereocenters. The van der Waals surface area contributed by atoms with Crippen molar-refractivity contribution in [1.29, 1.82) is 0 Å². The zero-order valence-corrected chi connectivity index (χ0v) is 13.7. The summed E-state index contributed by atoms with van der Waals surface area (Å²) < 4.78 is 5.24. The lowest BCUT2D eigenvalue weighted by atomic mass is 9.79. The first-order valence-corrected chi connectivity index (χ1v) is 8.39. The van der Waals surface area contributed by atoms with Crippen molar-refractivity contribution in [2.45, 2.75) is 39.0 Å². The van der Waals surface area contributed by atoms with E-state index in [1.54, 1.807) is 0 Å². The minimum Gasteiger partial charge on any atom is -0.481 e. The van der Waals surface area contributed by atoms with Crippen LogP contribution in [0.4, 0.5) is 0 Å². The molecular weight excluding hydrogens is 308 g/mol. The van der Waals surface area contributed by atoms with Gasteiger partial charge in [0, 0.05) is 11.9 Å². The van der Waals surface area contributed by atoms with Gasteiger partial charge in [-0.2, -0.15) is 0 Å². The summed E-state index contributed by atoms with van der Waals surface area (Å²) in [5.41, 5.74) is 2.37. The van der Waals surface area contributed by atoms with Gasteiger partial charge in [-0.1, -0.05) is 29.6 Å². The maximum absolute atomic E-state index is 12.2. The van der Waals surface area contributed by atoms with Gasteiger partial charge in [-0.25, -0.2) is 0 Å². The summed E-state index contributed by atoms with van der Waals surface area (Å²) in [6.45, 7) is 2.38. The molecule has 0 unspecified atom stereocenters. The average Bonchev–Trinajstić information content (AvgIpc) is 2.95. The lowest BCUT2D eigenvalue weighted by Crippen LogP contribution is -2.37. The number of fused-ring (bicyclic) bond motifs is 1. The van der Waals surface area contributed by atoms with Gasteiger partial charge in [-0.15, -0.1) is 0 Å². The van der Waals surface area contributed by atoms with Gasteiger partial charge in [0.1, 0.15) is 5.69 Å². The SMILES string of the molecule is Cc1ccc2onc(CC(=O)NC[C@@H]3CCCC[C@@H]3C(=O)O)c2c1. The number of carbonyl (C=O) groups excluding carboxylic acids is 1. The molecule has 2 N–H and O–H groups in total. The molecule has 1 amide bonds. The smallest absolute Gasteiger partial charge is 0.306 e. The quantitative estimate of drug-likeness (QED) is 0.879. The first-order valence-electron chi connectivity index (χ1n) is 8.39. The number of aryl methyl sites for hydroxylation is 1. The summed E-state index contributed by atoms with van der Waals surface area (Å²) in [7, 11) is 0. The third-order valence-corrected chi connectivity index (χ3v) is 4.82. The highest BCUT2D eigenvalue weighted by atomic mass is 16.5. The van der Waals surface area contributed by atoms with Crippen molar-refractivity contribution in [2.75, 3.05) is 6.54 Å². The Morgan fingerprint density at radius 1 is 1.33 bits per heavy atom. The molecule has 1 fully saturated rings. The number of hydrogen-bond donors (Lipinski definition) is 2. The first kappa shape index (κ1) is 16.5. The fourth-order valence-electron chi connectivity index (χ4n) is 3.47. The molecular formula is C18H22N2O4. The molecule has 0 aliphatic heterocycles. The molecule has 128 valence electrons. The number of aliphatic carboxylic acids is 1. The summed E-state index contributed by atoms with van der Waals surface area (Å²) in [4.78, 5) is 23.5. The van der Waals surface area contributed by atoms with Crippen LogP contribution in [0.25, 0.3) is 11.0 Å². The van der Waals surface area contributed by atoms with Crippen LogP contribution >= 0.6 is 0 Å². The van der Waals surface area contributed by atoms with Crippen molar-refractivity contribution in [3.05, 3.63) is 29.5 Å². The summed E-state index contributed by atoms with van der Waals surface area (Å²) >= 11 is 0. The minimum atomic E-state index is -0.757. The lowest BCUT2D eigenvalue weighted by molar-refractivity contribution is -0.145. The zero-order chi connectivity index (χ0) is 17.1. The van der Waals surface area contributed by atoms with Crippen LogP contribution in [0, 0.1) is 18.8 Å². The van der Waals surface area contributed by atoms with Gasteiger partial charge in [0.15, 0.2) is 5.58 Å². The standard InChI is InChI=1S/C18H22N2O4/c1-11-6-7-16-14(8-11)15(20-24-16)9-17(21)19-10-12-4-2-3-5-13(12)18(22)23/h6-8,12-13H,2-5,9-10H2,1H3,(H,19,21)(H,22,23)/t12-,13-/m0/s1. The number of carboxylic acids is 1. The van der Waals surface area contributed by atoms with E-state index in [0.29, 0.717) is 24.2 Å². The molecule has 1 heterocycles. The highest BCUT2D eigenvalue weighted by Gasteiger charge is 2.30. The van der Waals surface area contributed by atoms with E-state index < -0.39 is 5.97 Å². The second kappa shape index (κ2) is 7.03. The number of aromatic nitrogens is 1. The van der Waals surface area contributed by atoms with Crippen LogP contribution in [0.1, 0.15) is 36.9 Å². The number of hydrogen-bond acceptors (Lipinski definition) is 4. The van der Waals surface area contributed by atoms with Gasteiger partial charge in [-0.3, -0.25) is 9.59 Å². The van der Waals surface area contributed by atoms with Crippen molar-refractivity contribution in [1.82, 2.24) is 10.5 Å². The van der Waals surface area contributed by atoms with Gasteiger partial charge in [-0.05, 0) is 37.8 Å². The maximum Gasteiger partial charge on any atom is 0.306 e. The molecule has 1 aliphatic carbocycles. The minimum absolute atomic E-state index is 0.0106. The van der Waals surface area contributed by atoms with E-state index in [4.69, 9.17) is 4.52 Å². The molecule has 1 aromatic carbocycles. The second-order valence-electron chi connectivity index (χ2n) is 6.60. The van der Waals surface area contributed by atoms with Crippen molar-refractivity contribution < 1.29 is 19.2 Å². The van der Waals surface area contributed by atoms with Gasteiger partial charge in [0.25, 0.3) is 0 Å². The summed E-state index contributed by atoms with van der Waals surface area (Å²) in [6.07, 6.45) is 3.66. The highest BCUT2D eigenvalue weighted by Crippen LogP contribution is 2.29. The van der Waals surface area contributed by atoms with E-state index in [9.17, 15) is 14.7 Å². The zero-order valence-electron chi connectivity index (χ0n) is 13.7. The molecule has 0 radical (unpaired) electrons. The molecule has 24 heavy (non-hydrogen) atoms. The molecule has 1 saturated carbocycles. The van der Waals surface area contributed by atoms with Gasteiger partial charge >= 0.3 is 5.97 Å². The van der Waals surface area contributed by atoms with Gasteiger partial charge in [0.05, 0.1) is 12.3 Å². The van der Waals surface area contributed by atoms with Crippen molar-refractivity contribution >= 4 is 22.8 Å². The molecule has 0 saturated heterocycles. The lowest BCUT2D eigenvalue weighted by Gasteiger charge is -2.28. The molecule has 0 spiro atoms. The molecule has 6 nitrogen and oxygen atoms in total. The van der Waals surface area contributed by atoms with Crippen molar-refractivity contribution in [3.63, 3.8) is 0 Å². The van der Waals surface area contributed by atoms with Crippen molar-refractivity contribution in [3.8, 4) is 0 Å². The van der Waals surface area contributed by atoms with Gasteiger partial charge < -0.3 is 14.9 Å². The Kier molecular flexibility index (Phi) is 4.83. The first-order chi connectivity index (χ1) is 11.5. The Morgan fingerprint density at radius 3 is 2.92 bits per heavy atom. The van der Waals surface area contributed by atoms with E-state index >= 15 is 0 Å². The number of rotatable bonds is 5. The molecule has 1 aliphatic rings. The van der Waals surface area contributed by atoms with E-state index in [2.05, 4.69) is 10.5 Å².